The van der Waals surface area contributed by atoms with E-state index in [0.29, 0.717) is 44.0 Å². The summed E-state index contributed by atoms with van der Waals surface area (Å²) in [5.74, 6) is 0.675. The van der Waals surface area contributed by atoms with Gasteiger partial charge in [0.25, 0.3) is 0 Å². The fourth-order valence-corrected chi connectivity index (χ4v) is 8.27. The number of fused-ring (bicyclic) bond motifs is 1. The van der Waals surface area contributed by atoms with Gasteiger partial charge in [-0.1, -0.05) is 56.9 Å². The van der Waals surface area contributed by atoms with Gasteiger partial charge in [0.05, 0.1) is 24.3 Å². The van der Waals surface area contributed by atoms with E-state index in [-0.39, 0.29) is 54.0 Å². The molecule has 6 N–H and O–H groups in total. The van der Waals surface area contributed by atoms with Crippen molar-refractivity contribution in [3.8, 4) is 0 Å². The third-order valence-corrected chi connectivity index (χ3v) is 11.1. The van der Waals surface area contributed by atoms with E-state index in [2.05, 4.69) is 34.3 Å². The Morgan fingerprint density at radius 1 is 0.936 bits per heavy atom. The van der Waals surface area contributed by atoms with Gasteiger partial charge in [0, 0.05) is 55.2 Å². The molecule has 3 aliphatic rings. The number of rotatable bonds is 24. The van der Waals surface area contributed by atoms with Crippen molar-refractivity contribution in [2.45, 2.75) is 146 Å². The molecule has 2 aliphatic heterocycles. The zero-order valence-electron chi connectivity index (χ0n) is 28.4. The molecule has 3 rings (SSSR count). The standard InChI is InChI=1S/C36H60N4O6S/c1-2-3-8-15-26(41)20-21-28-27(30(42)24-31(28)43)16-9-5-4-6-10-18-33(44)37-22-13-7-14-23-38-34(45)19-12-11-17-32-35-29(25-47-32)39-36(46)40-35/h5,9,20-21,26-30,32,35,41-42H,2-4,6-8,10-19,22-25H2,1H3,(H,37,44)(H,38,45)(H2,39,40,46)/b9-5-,21-20+/t26-,27+,28+,29-,30-,32-,35-/m0/s1. The molecule has 0 aromatic carbocycles. The Balaban J connectivity index is 1.12. The first-order valence-electron chi connectivity index (χ1n) is 18.2. The minimum absolute atomic E-state index is 0.0425. The van der Waals surface area contributed by atoms with Crippen LogP contribution in [0.5, 0.6) is 0 Å². The average molecular weight is 677 g/mol. The van der Waals surface area contributed by atoms with Gasteiger partial charge >= 0.3 is 6.03 Å². The predicted octanol–water partition coefficient (Wildman–Crippen LogP) is 4.69. The number of amides is 4. The molecule has 3 fully saturated rings. The van der Waals surface area contributed by atoms with E-state index >= 15 is 0 Å². The summed E-state index contributed by atoms with van der Waals surface area (Å²) in [5, 5.41) is 32.9. The van der Waals surface area contributed by atoms with Crippen molar-refractivity contribution < 1.29 is 29.4 Å². The summed E-state index contributed by atoms with van der Waals surface area (Å²) >= 11 is 1.91. The summed E-state index contributed by atoms with van der Waals surface area (Å²) in [6.07, 6.45) is 20.3. The highest BCUT2D eigenvalue weighted by atomic mass is 32.2. The molecule has 47 heavy (non-hydrogen) atoms. The number of allylic oxidation sites excluding steroid dienone is 3. The lowest BCUT2D eigenvalue weighted by Gasteiger charge is -2.17. The van der Waals surface area contributed by atoms with Gasteiger partial charge in [0.15, 0.2) is 0 Å². The van der Waals surface area contributed by atoms with Crippen LogP contribution in [0, 0.1) is 11.8 Å². The first-order chi connectivity index (χ1) is 22.8. The molecule has 11 heteroatoms. The number of unbranched alkanes of at least 4 members (excludes halogenated alkanes) is 7. The Labute approximate surface area is 286 Å². The summed E-state index contributed by atoms with van der Waals surface area (Å²) in [6.45, 7) is 3.44. The highest BCUT2D eigenvalue weighted by Crippen LogP contribution is 2.34. The molecule has 1 saturated carbocycles. The van der Waals surface area contributed by atoms with Crippen molar-refractivity contribution in [2.75, 3.05) is 18.8 Å². The first-order valence-corrected chi connectivity index (χ1v) is 19.3. The Morgan fingerprint density at radius 2 is 1.66 bits per heavy atom. The van der Waals surface area contributed by atoms with E-state index in [4.69, 9.17) is 0 Å². The van der Waals surface area contributed by atoms with Crippen LogP contribution in [-0.2, 0) is 14.4 Å². The minimum atomic E-state index is -0.644. The minimum Gasteiger partial charge on any atom is -0.392 e. The van der Waals surface area contributed by atoms with Crippen LogP contribution in [0.2, 0.25) is 0 Å². The van der Waals surface area contributed by atoms with Crippen LogP contribution in [0.15, 0.2) is 24.3 Å². The SMILES string of the molecule is CCCCC[C@H](O)/C=C/[C@H]1C(=O)C[C@H](O)[C@@H]1C/C=C\CCCCC(=O)NCCCCCNC(=O)CCCC[C@@H]1SC[C@@H]2NC(=O)N[C@@H]21. The molecule has 0 aromatic heterocycles. The Bertz CT molecular complexity index is 1040. The van der Waals surface area contributed by atoms with E-state index in [0.717, 1.165) is 82.8 Å². The monoisotopic (exact) mass is 676 g/mol. The Morgan fingerprint density at radius 3 is 2.38 bits per heavy atom. The zero-order valence-corrected chi connectivity index (χ0v) is 29.2. The molecule has 266 valence electrons. The van der Waals surface area contributed by atoms with Gasteiger partial charge in [-0.3, -0.25) is 14.4 Å². The average Bonchev–Trinajstić information content (AvgIpc) is 3.68. The predicted molar refractivity (Wildman–Crippen MR) is 188 cm³/mol. The number of nitrogens with one attached hydrogen (secondary N) is 4. The van der Waals surface area contributed by atoms with E-state index in [9.17, 15) is 29.4 Å². The fourth-order valence-electron chi connectivity index (χ4n) is 6.73. The lowest BCUT2D eigenvalue weighted by atomic mass is 9.90. The number of hydrogen-bond acceptors (Lipinski definition) is 7. The lowest BCUT2D eigenvalue weighted by Crippen LogP contribution is -2.36. The van der Waals surface area contributed by atoms with E-state index < -0.39 is 12.2 Å². The molecular weight excluding hydrogens is 616 g/mol. The summed E-state index contributed by atoms with van der Waals surface area (Å²) < 4.78 is 0. The van der Waals surface area contributed by atoms with Crippen LogP contribution < -0.4 is 21.3 Å². The van der Waals surface area contributed by atoms with Crippen LogP contribution in [0.4, 0.5) is 4.79 Å². The van der Waals surface area contributed by atoms with Crippen molar-refractivity contribution in [1.29, 1.82) is 0 Å². The molecule has 0 bridgehead atoms. The molecule has 1 aliphatic carbocycles. The van der Waals surface area contributed by atoms with Crippen molar-refractivity contribution in [2.24, 2.45) is 11.8 Å². The topological polar surface area (TPSA) is 157 Å². The number of carbonyl (C=O) groups is 4. The molecule has 0 spiro atoms. The van der Waals surface area contributed by atoms with Crippen molar-refractivity contribution in [3.05, 3.63) is 24.3 Å². The molecule has 10 nitrogen and oxygen atoms in total. The lowest BCUT2D eigenvalue weighted by molar-refractivity contribution is -0.121. The van der Waals surface area contributed by atoms with Gasteiger partial charge in [0.2, 0.25) is 11.8 Å². The molecule has 4 amide bonds. The van der Waals surface area contributed by atoms with Crippen molar-refractivity contribution >= 4 is 35.4 Å². The summed E-state index contributed by atoms with van der Waals surface area (Å²) in [6, 6.07) is 0.413. The maximum absolute atomic E-state index is 12.4. The second-order valence-corrected chi connectivity index (χ2v) is 14.7. The van der Waals surface area contributed by atoms with Crippen LogP contribution in [0.3, 0.4) is 0 Å². The van der Waals surface area contributed by atoms with Gasteiger partial charge in [-0.25, -0.2) is 4.79 Å². The first kappa shape index (κ1) is 39.1. The molecule has 2 heterocycles. The highest BCUT2D eigenvalue weighted by Gasteiger charge is 2.42. The smallest absolute Gasteiger partial charge is 0.315 e. The third kappa shape index (κ3) is 14.7. The normalized spacial score (nSPS) is 26.1. The summed E-state index contributed by atoms with van der Waals surface area (Å²) in [5.41, 5.74) is 0. The molecular formula is C36H60N4O6S. The molecule has 7 atom stereocenters. The number of urea groups is 1. The number of hydrogen-bond donors (Lipinski definition) is 6. The Kier molecular flexibility index (Phi) is 18.5. The van der Waals surface area contributed by atoms with Gasteiger partial charge < -0.3 is 31.5 Å². The van der Waals surface area contributed by atoms with Gasteiger partial charge in [-0.05, 0) is 64.2 Å². The van der Waals surface area contributed by atoms with Crippen molar-refractivity contribution in [1.82, 2.24) is 21.3 Å². The number of aliphatic hydroxyl groups is 2. The molecule has 2 saturated heterocycles. The second-order valence-electron chi connectivity index (χ2n) is 13.5. The number of ketones is 1. The van der Waals surface area contributed by atoms with E-state index in [1.165, 1.54) is 0 Å². The van der Waals surface area contributed by atoms with Gasteiger partial charge in [-0.2, -0.15) is 11.8 Å². The third-order valence-electron chi connectivity index (χ3n) is 9.56. The highest BCUT2D eigenvalue weighted by molar-refractivity contribution is 8.00. The number of aliphatic hydroxyl groups excluding tert-OH is 2. The summed E-state index contributed by atoms with van der Waals surface area (Å²) in [4.78, 5) is 48.2. The molecule has 0 radical (unpaired) electrons. The quantitative estimate of drug-likeness (QED) is 0.0492. The number of thioether (sulfide) groups is 1. The second kappa shape index (κ2) is 22.3. The largest absolute Gasteiger partial charge is 0.392 e. The molecule has 0 aromatic rings. The maximum Gasteiger partial charge on any atom is 0.315 e. The number of carbonyl (C=O) groups excluding carboxylic acids is 4. The van der Waals surface area contributed by atoms with Crippen molar-refractivity contribution in [3.63, 3.8) is 0 Å². The van der Waals surface area contributed by atoms with Crippen LogP contribution in [0.25, 0.3) is 0 Å². The van der Waals surface area contributed by atoms with E-state index in [1.807, 2.05) is 17.8 Å². The number of Topliss-reactive ketones (excluding diaryl/α,β-unsaturated/α-hetero) is 1. The molecule has 0 unspecified atom stereocenters. The maximum atomic E-state index is 12.4. The van der Waals surface area contributed by atoms with Crippen LogP contribution >= 0.6 is 11.8 Å². The van der Waals surface area contributed by atoms with Gasteiger partial charge in [-0.15, -0.1) is 0 Å². The van der Waals surface area contributed by atoms with Gasteiger partial charge in [0.1, 0.15) is 5.78 Å². The fraction of sp³-hybridized carbons (Fsp3) is 0.778. The Hall–Kier alpha value is -2.37. The van der Waals surface area contributed by atoms with Crippen LogP contribution in [0.1, 0.15) is 116 Å². The summed E-state index contributed by atoms with van der Waals surface area (Å²) in [7, 11) is 0. The van der Waals surface area contributed by atoms with E-state index in [1.54, 1.807) is 12.2 Å². The van der Waals surface area contributed by atoms with Crippen LogP contribution in [-0.4, -0.2) is 82.2 Å². The zero-order chi connectivity index (χ0) is 33.9.